The van der Waals surface area contributed by atoms with Crippen molar-refractivity contribution in [1.82, 2.24) is 4.90 Å². The Morgan fingerprint density at radius 3 is 2.52 bits per heavy atom. The predicted octanol–water partition coefficient (Wildman–Crippen LogP) is 3.08. The molecule has 1 unspecified atom stereocenters. The van der Waals surface area contributed by atoms with Crippen molar-refractivity contribution in [2.45, 2.75) is 26.4 Å². The summed E-state index contributed by atoms with van der Waals surface area (Å²) in [7, 11) is 0. The molecule has 25 heavy (non-hydrogen) atoms. The highest BCUT2D eigenvalue weighted by Gasteiger charge is 2.43. The van der Waals surface area contributed by atoms with E-state index >= 15 is 0 Å². The number of imide groups is 1. The molecule has 128 valence electrons. The lowest BCUT2D eigenvalue weighted by molar-refractivity contribution is -0.127. The Kier molecular flexibility index (Phi) is 3.60. The van der Waals surface area contributed by atoms with Gasteiger partial charge in [0.15, 0.2) is 11.5 Å². The predicted molar refractivity (Wildman–Crippen MR) is 91.6 cm³/mol. The van der Waals surface area contributed by atoms with Crippen LogP contribution in [0.1, 0.15) is 18.1 Å². The van der Waals surface area contributed by atoms with Gasteiger partial charge in [-0.2, -0.15) is 0 Å². The standard InChI is InChI=1S/C19H18N2O4/c1-12-3-6-15(7-4-12)21-13(2)18(22)20(19(21)23)10-14-5-8-16-17(9-14)25-11-24-16/h3-9,13H,10-11H2,1-2H3. The SMILES string of the molecule is Cc1ccc(N2C(=O)N(Cc3ccc4c(c3)OCO4)C(=O)C2C)cc1. The average molecular weight is 338 g/mol. The van der Waals surface area contributed by atoms with E-state index in [1.54, 1.807) is 13.0 Å². The molecule has 0 saturated carbocycles. The topological polar surface area (TPSA) is 59.1 Å². The second-order valence-electron chi connectivity index (χ2n) is 6.28. The number of rotatable bonds is 3. The molecule has 6 nitrogen and oxygen atoms in total. The monoisotopic (exact) mass is 338 g/mol. The number of benzene rings is 2. The van der Waals surface area contributed by atoms with Crippen LogP contribution in [0.15, 0.2) is 42.5 Å². The summed E-state index contributed by atoms with van der Waals surface area (Å²) >= 11 is 0. The van der Waals surface area contributed by atoms with Crippen molar-refractivity contribution < 1.29 is 19.1 Å². The van der Waals surface area contributed by atoms with E-state index in [9.17, 15) is 9.59 Å². The molecule has 0 aromatic heterocycles. The van der Waals surface area contributed by atoms with Gasteiger partial charge in [0.25, 0.3) is 5.91 Å². The highest BCUT2D eigenvalue weighted by molar-refractivity contribution is 6.13. The first-order chi connectivity index (χ1) is 12.0. The Morgan fingerprint density at radius 1 is 1.04 bits per heavy atom. The molecular formula is C19H18N2O4. The molecule has 3 amide bonds. The summed E-state index contributed by atoms with van der Waals surface area (Å²) in [5.41, 5.74) is 2.65. The van der Waals surface area contributed by atoms with Gasteiger partial charge in [-0.05, 0) is 43.7 Å². The highest BCUT2D eigenvalue weighted by Crippen LogP contribution is 2.34. The van der Waals surface area contributed by atoms with Gasteiger partial charge in [-0.1, -0.05) is 23.8 Å². The number of hydrogen-bond acceptors (Lipinski definition) is 4. The van der Waals surface area contributed by atoms with Crippen molar-refractivity contribution in [2.75, 3.05) is 11.7 Å². The lowest BCUT2D eigenvalue weighted by atomic mass is 10.2. The second-order valence-corrected chi connectivity index (χ2v) is 6.28. The molecule has 2 aliphatic rings. The van der Waals surface area contributed by atoms with Crippen LogP contribution in [-0.2, 0) is 11.3 Å². The highest BCUT2D eigenvalue weighted by atomic mass is 16.7. The van der Waals surface area contributed by atoms with Gasteiger partial charge in [0, 0.05) is 5.69 Å². The maximum atomic E-state index is 12.8. The Balaban J connectivity index is 1.59. The molecular weight excluding hydrogens is 320 g/mol. The summed E-state index contributed by atoms with van der Waals surface area (Å²) in [5, 5.41) is 0. The van der Waals surface area contributed by atoms with Crippen LogP contribution in [0.5, 0.6) is 11.5 Å². The smallest absolute Gasteiger partial charge is 0.332 e. The van der Waals surface area contributed by atoms with Crippen LogP contribution in [-0.4, -0.2) is 29.7 Å². The zero-order chi connectivity index (χ0) is 17.6. The van der Waals surface area contributed by atoms with E-state index in [1.165, 1.54) is 9.80 Å². The first kappa shape index (κ1) is 15.5. The van der Waals surface area contributed by atoms with E-state index in [1.807, 2.05) is 43.3 Å². The molecule has 6 heteroatoms. The maximum Gasteiger partial charge on any atom is 0.332 e. The van der Waals surface area contributed by atoms with E-state index < -0.39 is 6.04 Å². The Bertz CT molecular complexity index is 847. The molecule has 4 rings (SSSR count). The molecule has 1 atom stereocenters. The third-order valence-electron chi connectivity index (χ3n) is 4.54. The molecule has 1 fully saturated rings. The number of urea groups is 1. The number of amides is 3. The zero-order valence-electron chi connectivity index (χ0n) is 14.1. The van der Waals surface area contributed by atoms with Gasteiger partial charge >= 0.3 is 6.03 Å². The van der Waals surface area contributed by atoms with Gasteiger partial charge in [-0.25, -0.2) is 4.79 Å². The quantitative estimate of drug-likeness (QED) is 0.807. The Hall–Kier alpha value is -3.02. The summed E-state index contributed by atoms with van der Waals surface area (Å²) in [4.78, 5) is 28.3. The summed E-state index contributed by atoms with van der Waals surface area (Å²) in [6.45, 7) is 4.13. The minimum absolute atomic E-state index is 0.193. The minimum Gasteiger partial charge on any atom is -0.454 e. The first-order valence-electron chi connectivity index (χ1n) is 8.14. The lowest BCUT2D eigenvalue weighted by Gasteiger charge is -2.19. The van der Waals surface area contributed by atoms with Gasteiger partial charge in [0.05, 0.1) is 6.54 Å². The average Bonchev–Trinajstić information content (AvgIpc) is 3.15. The minimum atomic E-state index is -0.524. The number of ether oxygens (including phenoxy) is 2. The van der Waals surface area contributed by atoms with Crippen LogP contribution in [0.25, 0.3) is 0 Å². The van der Waals surface area contributed by atoms with Crippen LogP contribution in [0.4, 0.5) is 10.5 Å². The van der Waals surface area contributed by atoms with Gasteiger partial charge in [0.2, 0.25) is 6.79 Å². The number of anilines is 1. The fraction of sp³-hybridized carbons (Fsp3) is 0.263. The fourth-order valence-electron chi connectivity index (χ4n) is 3.13. The molecule has 0 N–H and O–H groups in total. The number of fused-ring (bicyclic) bond motifs is 1. The summed E-state index contributed by atoms with van der Waals surface area (Å²) < 4.78 is 10.6. The number of carbonyl (C=O) groups is 2. The molecule has 0 radical (unpaired) electrons. The van der Waals surface area contributed by atoms with Crippen LogP contribution in [0, 0.1) is 6.92 Å². The zero-order valence-corrected chi connectivity index (χ0v) is 14.1. The van der Waals surface area contributed by atoms with Crippen LogP contribution >= 0.6 is 0 Å². The normalized spacial score (nSPS) is 19.0. The van der Waals surface area contributed by atoms with Crippen molar-refractivity contribution in [3.63, 3.8) is 0 Å². The molecule has 1 saturated heterocycles. The number of hydrogen-bond donors (Lipinski definition) is 0. The largest absolute Gasteiger partial charge is 0.454 e. The molecule has 2 heterocycles. The van der Waals surface area contributed by atoms with Crippen LogP contribution < -0.4 is 14.4 Å². The van der Waals surface area contributed by atoms with Crippen molar-refractivity contribution in [2.24, 2.45) is 0 Å². The number of nitrogens with zero attached hydrogens (tertiary/aromatic N) is 2. The van der Waals surface area contributed by atoms with Crippen molar-refractivity contribution >= 4 is 17.6 Å². The molecule has 0 bridgehead atoms. The van der Waals surface area contributed by atoms with Gasteiger partial charge < -0.3 is 9.47 Å². The third-order valence-corrected chi connectivity index (χ3v) is 4.54. The van der Waals surface area contributed by atoms with Crippen molar-refractivity contribution in [1.29, 1.82) is 0 Å². The first-order valence-corrected chi connectivity index (χ1v) is 8.14. The summed E-state index contributed by atoms with van der Waals surface area (Å²) in [6.07, 6.45) is 0. The van der Waals surface area contributed by atoms with E-state index in [-0.39, 0.29) is 25.3 Å². The van der Waals surface area contributed by atoms with E-state index in [4.69, 9.17) is 9.47 Å². The summed E-state index contributed by atoms with van der Waals surface area (Å²) in [5.74, 6) is 1.11. The maximum absolute atomic E-state index is 12.8. The summed E-state index contributed by atoms with van der Waals surface area (Å²) in [6, 6.07) is 12.2. The number of carbonyl (C=O) groups excluding carboxylic acids is 2. The number of aryl methyl sites for hydroxylation is 1. The van der Waals surface area contributed by atoms with E-state index in [0.29, 0.717) is 11.5 Å². The Labute approximate surface area is 145 Å². The fourth-order valence-corrected chi connectivity index (χ4v) is 3.13. The van der Waals surface area contributed by atoms with Crippen LogP contribution in [0.2, 0.25) is 0 Å². The third kappa shape index (κ3) is 2.59. The Morgan fingerprint density at radius 2 is 1.76 bits per heavy atom. The van der Waals surface area contributed by atoms with Gasteiger partial charge in [0.1, 0.15) is 6.04 Å². The van der Waals surface area contributed by atoms with Crippen molar-refractivity contribution in [3.05, 3.63) is 53.6 Å². The molecule has 0 spiro atoms. The lowest BCUT2D eigenvalue weighted by Crippen LogP contribution is -2.33. The van der Waals surface area contributed by atoms with Gasteiger partial charge in [-0.3, -0.25) is 14.6 Å². The van der Waals surface area contributed by atoms with E-state index in [0.717, 1.165) is 16.8 Å². The molecule has 2 aliphatic heterocycles. The van der Waals surface area contributed by atoms with Crippen LogP contribution in [0.3, 0.4) is 0 Å². The second kappa shape index (κ2) is 5.81. The van der Waals surface area contributed by atoms with E-state index in [2.05, 4.69) is 0 Å². The molecule has 2 aromatic rings. The van der Waals surface area contributed by atoms with Gasteiger partial charge in [-0.15, -0.1) is 0 Å². The molecule has 2 aromatic carbocycles. The van der Waals surface area contributed by atoms with Crippen molar-refractivity contribution in [3.8, 4) is 11.5 Å². The molecule has 0 aliphatic carbocycles.